The van der Waals surface area contributed by atoms with Gasteiger partial charge in [0.05, 0.1) is 28.9 Å². The van der Waals surface area contributed by atoms with E-state index in [1.165, 1.54) is 33.7 Å². The largest absolute Gasteiger partial charge is 0.471 e. The van der Waals surface area contributed by atoms with E-state index in [2.05, 4.69) is 14.6 Å². The van der Waals surface area contributed by atoms with Gasteiger partial charge in [-0.1, -0.05) is 25.1 Å². The summed E-state index contributed by atoms with van der Waals surface area (Å²) in [7, 11) is -4.70. The molecule has 1 aromatic heterocycles. The van der Waals surface area contributed by atoms with E-state index in [0.29, 0.717) is 22.3 Å². The maximum absolute atomic E-state index is 14.9. The summed E-state index contributed by atoms with van der Waals surface area (Å²) < 4.78 is 44.1. The molecule has 0 aliphatic carbocycles. The van der Waals surface area contributed by atoms with Crippen LogP contribution in [0.1, 0.15) is 29.0 Å². The fourth-order valence-corrected chi connectivity index (χ4v) is 5.13. The molecule has 1 aliphatic heterocycles. The monoisotopic (exact) mass is 549 g/mol. The Morgan fingerprint density at radius 2 is 2.00 bits per heavy atom. The first kappa shape index (κ1) is 26.8. The van der Waals surface area contributed by atoms with Crippen molar-refractivity contribution in [3.63, 3.8) is 0 Å². The Hall–Kier alpha value is -3.24. The maximum atomic E-state index is 14.9. The molecule has 3 aromatic rings. The summed E-state index contributed by atoms with van der Waals surface area (Å²) in [6.07, 6.45) is 1.27. The zero-order chi connectivity index (χ0) is 26.8. The number of hydrogen-bond donors (Lipinski definition) is 3. The number of phosphoric acid groups is 1. The lowest BCUT2D eigenvalue weighted by molar-refractivity contribution is -0.0289. The molecule has 0 unspecified atom stereocenters. The third-order valence-corrected chi connectivity index (χ3v) is 7.33. The van der Waals surface area contributed by atoms with Crippen LogP contribution < -0.4 is 0 Å². The second kappa shape index (κ2) is 10.6. The molecule has 2 atom stereocenters. The van der Waals surface area contributed by atoms with Crippen LogP contribution in [-0.2, 0) is 14.7 Å². The van der Waals surface area contributed by atoms with Crippen molar-refractivity contribution >= 4 is 25.5 Å². The fourth-order valence-electron chi connectivity index (χ4n) is 3.86. The van der Waals surface area contributed by atoms with Crippen LogP contribution in [0.4, 0.5) is 8.78 Å². The van der Waals surface area contributed by atoms with Crippen molar-refractivity contribution in [1.29, 1.82) is 5.26 Å². The van der Waals surface area contributed by atoms with E-state index in [1.807, 2.05) is 6.07 Å². The molecule has 4 rings (SSSR count). The van der Waals surface area contributed by atoms with Gasteiger partial charge in [0.25, 0.3) is 0 Å². The molecular weight excluding hydrogens is 527 g/mol. The quantitative estimate of drug-likeness (QED) is 0.342. The van der Waals surface area contributed by atoms with E-state index in [1.54, 1.807) is 36.6 Å². The van der Waals surface area contributed by atoms with E-state index in [0.717, 1.165) is 11.6 Å². The zero-order valence-corrected chi connectivity index (χ0v) is 21.1. The van der Waals surface area contributed by atoms with Crippen LogP contribution in [0.25, 0.3) is 11.3 Å². The minimum atomic E-state index is -4.70. The second-order valence-corrected chi connectivity index (χ2v) is 10.5. The SMILES string of the molecule is C[C@@H](c1nc(-c2ccc(C#N)cc2)cs1)[C@](O)(CN1CN(COP(=O)(O)O)C=N1)c1ccc(F)cc1F. The normalized spacial score (nSPS) is 16.0. The van der Waals surface area contributed by atoms with Crippen molar-refractivity contribution < 1.29 is 32.8 Å². The van der Waals surface area contributed by atoms with Crippen molar-refractivity contribution in [2.45, 2.75) is 18.4 Å². The molecule has 0 radical (unpaired) electrons. The molecule has 1 aliphatic rings. The lowest BCUT2D eigenvalue weighted by Crippen LogP contribution is -2.44. The Morgan fingerprint density at radius 3 is 2.65 bits per heavy atom. The first-order chi connectivity index (χ1) is 17.5. The molecule has 3 N–H and O–H groups in total. The molecule has 0 amide bonds. The summed E-state index contributed by atoms with van der Waals surface area (Å²) in [5.41, 5.74) is -0.209. The lowest BCUT2D eigenvalue weighted by atomic mass is 9.81. The molecule has 14 heteroatoms. The highest BCUT2D eigenvalue weighted by atomic mass is 32.1. The number of benzene rings is 2. The number of β-amino-alcohol motifs (C(OH)–C–C–N with tert-alkyl or cyclic N) is 1. The minimum absolute atomic E-state index is 0.00773. The number of phosphoric ester groups is 1. The molecule has 0 spiro atoms. The molecule has 0 fully saturated rings. The van der Waals surface area contributed by atoms with Gasteiger partial charge in [0.2, 0.25) is 0 Å². The summed E-state index contributed by atoms with van der Waals surface area (Å²) >= 11 is 1.26. The Morgan fingerprint density at radius 1 is 1.27 bits per heavy atom. The number of hydrogen-bond acceptors (Lipinski definition) is 9. The molecule has 37 heavy (non-hydrogen) atoms. The van der Waals surface area contributed by atoms with E-state index in [9.17, 15) is 18.5 Å². The van der Waals surface area contributed by atoms with Crippen LogP contribution >= 0.6 is 19.2 Å². The van der Waals surface area contributed by atoms with Gasteiger partial charge in [0.1, 0.15) is 37.0 Å². The van der Waals surface area contributed by atoms with Crippen molar-refractivity contribution in [2.24, 2.45) is 5.10 Å². The number of aliphatic hydroxyl groups is 1. The van der Waals surface area contributed by atoms with Gasteiger partial charge in [0.15, 0.2) is 0 Å². The van der Waals surface area contributed by atoms with Gasteiger partial charge in [0, 0.05) is 28.5 Å². The van der Waals surface area contributed by atoms with E-state index in [4.69, 9.17) is 15.0 Å². The van der Waals surface area contributed by atoms with E-state index in [-0.39, 0.29) is 18.8 Å². The number of hydrazone groups is 1. The van der Waals surface area contributed by atoms with Gasteiger partial charge in [-0.05, 0) is 18.2 Å². The maximum Gasteiger partial charge on any atom is 0.471 e. The summed E-state index contributed by atoms with van der Waals surface area (Å²) in [5.74, 6) is -2.52. The molecule has 2 heterocycles. The van der Waals surface area contributed by atoms with Crippen LogP contribution in [-0.4, -0.2) is 56.1 Å². The van der Waals surface area contributed by atoms with Gasteiger partial charge in [-0.15, -0.1) is 11.3 Å². The van der Waals surface area contributed by atoms with Crippen LogP contribution in [0.15, 0.2) is 52.9 Å². The van der Waals surface area contributed by atoms with Crippen LogP contribution in [0.3, 0.4) is 0 Å². The lowest BCUT2D eigenvalue weighted by Gasteiger charge is -2.36. The average Bonchev–Trinajstić information content (AvgIpc) is 3.51. The Balaban J connectivity index is 1.61. The van der Waals surface area contributed by atoms with Crippen LogP contribution in [0, 0.1) is 23.0 Å². The molecular formula is C23H22F2N5O5PS. The van der Waals surface area contributed by atoms with Gasteiger partial charge < -0.3 is 19.8 Å². The number of nitriles is 1. The molecule has 0 saturated carbocycles. The first-order valence-corrected chi connectivity index (χ1v) is 13.3. The van der Waals surface area contributed by atoms with Gasteiger partial charge in [-0.3, -0.25) is 9.53 Å². The smallest absolute Gasteiger partial charge is 0.382 e. The Kier molecular flexibility index (Phi) is 7.70. The number of rotatable bonds is 9. The molecule has 0 bridgehead atoms. The number of thiazole rings is 1. The van der Waals surface area contributed by atoms with Gasteiger partial charge in [-0.2, -0.15) is 10.4 Å². The van der Waals surface area contributed by atoms with Gasteiger partial charge in [-0.25, -0.2) is 18.3 Å². The zero-order valence-electron chi connectivity index (χ0n) is 19.4. The molecule has 0 saturated heterocycles. The average molecular weight is 549 g/mol. The Labute approximate surface area is 214 Å². The van der Waals surface area contributed by atoms with Crippen molar-refractivity contribution in [2.75, 3.05) is 19.9 Å². The van der Waals surface area contributed by atoms with Crippen molar-refractivity contribution in [3.05, 3.63) is 75.6 Å². The molecule has 194 valence electrons. The third-order valence-electron chi connectivity index (χ3n) is 5.85. The molecule has 2 aromatic carbocycles. The van der Waals surface area contributed by atoms with Crippen LogP contribution in [0.5, 0.6) is 0 Å². The van der Waals surface area contributed by atoms with Crippen LogP contribution in [0.2, 0.25) is 0 Å². The topological polar surface area (TPSA) is 143 Å². The highest BCUT2D eigenvalue weighted by Crippen LogP contribution is 2.41. The second-order valence-electron chi connectivity index (χ2n) is 8.40. The molecule has 10 nitrogen and oxygen atoms in total. The predicted octanol–water partition coefficient (Wildman–Crippen LogP) is 3.54. The summed E-state index contributed by atoms with van der Waals surface area (Å²) in [5, 5.41) is 28.7. The predicted molar refractivity (Wildman–Crippen MR) is 131 cm³/mol. The summed E-state index contributed by atoms with van der Waals surface area (Å²) in [6.45, 7) is 0.958. The van der Waals surface area contributed by atoms with Gasteiger partial charge >= 0.3 is 7.82 Å². The highest BCUT2D eigenvalue weighted by molar-refractivity contribution is 7.46. The van der Waals surface area contributed by atoms with Crippen molar-refractivity contribution in [1.82, 2.24) is 14.9 Å². The first-order valence-electron chi connectivity index (χ1n) is 10.9. The Bertz CT molecular complexity index is 1390. The third kappa shape index (κ3) is 6.19. The fraction of sp³-hybridized carbons (Fsp3) is 0.261. The van der Waals surface area contributed by atoms with E-state index < -0.39 is 37.7 Å². The van der Waals surface area contributed by atoms with E-state index >= 15 is 0 Å². The summed E-state index contributed by atoms with van der Waals surface area (Å²) in [6, 6.07) is 11.8. The number of aromatic nitrogens is 1. The van der Waals surface area contributed by atoms with Crippen molar-refractivity contribution in [3.8, 4) is 17.3 Å². The highest BCUT2D eigenvalue weighted by Gasteiger charge is 2.43. The number of halogens is 2. The standard InChI is InChI=1S/C23H22F2N5O5PS/c1-15(22-28-21(10-37-22)17-4-2-16(9-26)3-5-17)23(31,19-7-6-18(24)8-20(19)25)11-30-13-29(12-27-30)14-35-36(32,33)34/h2-8,10,12,15,31H,11,13-14H2,1H3,(H2,32,33,34)/t15-,23+/m0/s1. The summed E-state index contributed by atoms with van der Waals surface area (Å²) in [4.78, 5) is 23.8. The number of nitrogens with zero attached hydrogens (tertiary/aromatic N) is 5. The minimum Gasteiger partial charge on any atom is -0.382 e.